The SMILES string of the molecule is CC(C)(C)[C@@H](N)C[C@H](O)c1c(F)cccc1F.Cl. The van der Waals surface area contributed by atoms with Gasteiger partial charge in [-0.25, -0.2) is 8.78 Å². The lowest BCUT2D eigenvalue weighted by Gasteiger charge is -2.29. The Labute approximate surface area is 113 Å². The van der Waals surface area contributed by atoms with Crippen LogP contribution in [0.2, 0.25) is 0 Å². The standard InChI is InChI=1S/C13H19F2NO.ClH/c1-13(2,3)11(16)7-10(17)12-8(14)5-4-6-9(12)15;/h4-6,10-11,17H,7,16H2,1-3H3;1H/t10-,11-;/m0./s1. The smallest absolute Gasteiger partial charge is 0.131 e. The summed E-state index contributed by atoms with van der Waals surface area (Å²) in [5.74, 6) is -1.47. The molecule has 0 saturated heterocycles. The van der Waals surface area contributed by atoms with Crippen molar-refractivity contribution in [2.45, 2.75) is 39.3 Å². The molecular formula is C13H20ClF2NO. The van der Waals surface area contributed by atoms with Gasteiger partial charge in [0, 0.05) is 6.04 Å². The number of nitrogens with two attached hydrogens (primary N) is 1. The van der Waals surface area contributed by atoms with Crippen molar-refractivity contribution < 1.29 is 13.9 Å². The Balaban J connectivity index is 0.00000289. The van der Waals surface area contributed by atoms with Crippen LogP contribution in [0.25, 0.3) is 0 Å². The third-order valence-corrected chi connectivity index (χ3v) is 2.92. The lowest BCUT2D eigenvalue weighted by molar-refractivity contribution is 0.126. The van der Waals surface area contributed by atoms with Crippen molar-refractivity contribution in [2.75, 3.05) is 0 Å². The van der Waals surface area contributed by atoms with E-state index in [0.717, 1.165) is 12.1 Å². The molecule has 104 valence electrons. The molecule has 1 rings (SSSR count). The predicted molar refractivity (Wildman–Crippen MR) is 70.6 cm³/mol. The Morgan fingerprint density at radius 3 is 2.06 bits per heavy atom. The van der Waals surface area contributed by atoms with E-state index in [9.17, 15) is 13.9 Å². The molecule has 0 unspecified atom stereocenters. The van der Waals surface area contributed by atoms with Crippen LogP contribution in [0, 0.1) is 17.0 Å². The molecule has 0 heterocycles. The maximum Gasteiger partial charge on any atom is 0.131 e. The molecular weight excluding hydrogens is 260 g/mol. The molecule has 0 aliphatic heterocycles. The van der Waals surface area contributed by atoms with E-state index in [0.29, 0.717) is 0 Å². The van der Waals surface area contributed by atoms with Crippen LogP contribution >= 0.6 is 12.4 Å². The van der Waals surface area contributed by atoms with Gasteiger partial charge in [0.2, 0.25) is 0 Å². The molecule has 0 fully saturated rings. The normalized spacial score (nSPS) is 14.8. The van der Waals surface area contributed by atoms with E-state index >= 15 is 0 Å². The molecule has 3 N–H and O–H groups in total. The monoisotopic (exact) mass is 279 g/mol. The van der Waals surface area contributed by atoms with Gasteiger partial charge < -0.3 is 10.8 Å². The minimum Gasteiger partial charge on any atom is -0.388 e. The summed E-state index contributed by atoms with van der Waals surface area (Å²) in [7, 11) is 0. The number of hydrogen-bond donors (Lipinski definition) is 2. The first-order valence-corrected chi connectivity index (χ1v) is 5.61. The molecule has 0 aliphatic rings. The van der Waals surface area contributed by atoms with Crippen LogP contribution in [-0.2, 0) is 0 Å². The van der Waals surface area contributed by atoms with Gasteiger partial charge in [0.05, 0.1) is 11.7 Å². The van der Waals surface area contributed by atoms with Crippen LogP contribution < -0.4 is 5.73 Å². The average molecular weight is 280 g/mol. The van der Waals surface area contributed by atoms with Gasteiger partial charge in [0.25, 0.3) is 0 Å². The Hall–Kier alpha value is -0.710. The highest BCUT2D eigenvalue weighted by Gasteiger charge is 2.26. The van der Waals surface area contributed by atoms with Crippen LogP contribution in [0.15, 0.2) is 18.2 Å². The summed E-state index contributed by atoms with van der Waals surface area (Å²) in [4.78, 5) is 0. The van der Waals surface area contributed by atoms with Gasteiger partial charge >= 0.3 is 0 Å². The van der Waals surface area contributed by atoms with Crippen molar-refractivity contribution in [3.8, 4) is 0 Å². The Kier molecular flexibility index (Phi) is 6.20. The fourth-order valence-electron chi connectivity index (χ4n) is 1.54. The molecule has 0 aromatic heterocycles. The predicted octanol–water partition coefficient (Wildman–Crippen LogP) is 3.18. The number of hydrogen-bond acceptors (Lipinski definition) is 2. The van der Waals surface area contributed by atoms with Crippen molar-refractivity contribution in [1.82, 2.24) is 0 Å². The summed E-state index contributed by atoms with van der Waals surface area (Å²) in [6, 6.07) is 3.19. The molecule has 0 saturated carbocycles. The van der Waals surface area contributed by atoms with Crippen molar-refractivity contribution >= 4 is 12.4 Å². The van der Waals surface area contributed by atoms with Gasteiger partial charge in [-0.1, -0.05) is 26.8 Å². The third kappa shape index (κ3) is 4.19. The van der Waals surface area contributed by atoms with Crippen LogP contribution in [0.5, 0.6) is 0 Å². The second kappa shape index (κ2) is 6.45. The number of aliphatic hydroxyl groups is 1. The van der Waals surface area contributed by atoms with Crippen LogP contribution in [0.4, 0.5) is 8.78 Å². The van der Waals surface area contributed by atoms with E-state index in [4.69, 9.17) is 5.73 Å². The topological polar surface area (TPSA) is 46.2 Å². The fraction of sp³-hybridized carbons (Fsp3) is 0.538. The summed E-state index contributed by atoms with van der Waals surface area (Å²) in [6.45, 7) is 5.76. The molecule has 2 atom stereocenters. The van der Waals surface area contributed by atoms with Gasteiger partial charge in [0.1, 0.15) is 11.6 Å². The van der Waals surface area contributed by atoms with Gasteiger partial charge in [0.15, 0.2) is 0 Å². The molecule has 0 aliphatic carbocycles. The van der Waals surface area contributed by atoms with Gasteiger partial charge in [-0.05, 0) is 24.0 Å². The quantitative estimate of drug-likeness (QED) is 0.893. The second-order valence-corrected chi connectivity index (χ2v) is 5.36. The minimum absolute atomic E-state index is 0. The maximum atomic E-state index is 13.4. The molecule has 1 aromatic carbocycles. The van der Waals surface area contributed by atoms with E-state index < -0.39 is 17.7 Å². The summed E-state index contributed by atoms with van der Waals surface area (Å²) >= 11 is 0. The van der Waals surface area contributed by atoms with E-state index in [-0.39, 0.29) is 35.8 Å². The first kappa shape index (κ1) is 17.3. The Morgan fingerprint density at radius 1 is 1.22 bits per heavy atom. The van der Waals surface area contributed by atoms with Crippen LogP contribution in [-0.4, -0.2) is 11.1 Å². The average Bonchev–Trinajstić information content (AvgIpc) is 2.15. The third-order valence-electron chi connectivity index (χ3n) is 2.92. The summed E-state index contributed by atoms with van der Waals surface area (Å²) in [6.07, 6.45) is -1.09. The molecule has 18 heavy (non-hydrogen) atoms. The zero-order valence-electron chi connectivity index (χ0n) is 10.8. The zero-order valence-corrected chi connectivity index (χ0v) is 11.6. The largest absolute Gasteiger partial charge is 0.388 e. The van der Waals surface area contributed by atoms with E-state index in [2.05, 4.69) is 0 Å². The van der Waals surface area contributed by atoms with Crippen molar-refractivity contribution in [2.24, 2.45) is 11.1 Å². The number of benzene rings is 1. The van der Waals surface area contributed by atoms with Crippen molar-refractivity contribution in [1.29, 1.82) is 0 Å². The van der Waals surface area contributed by atoms with Gasteiger partial charge in [-0.3, -0.25) is 0 Å². The van der Waals surface area contributed by atoms with Crippen LogP contribution in [0.1, 0.15) is 38.9 Å². The molecule has 5 heteroatoms. The summed E-state index contributed by atoms with van der Waals surface area (Å²) < 4.78 is 26.8. The van der Waals surface area contributed by atoms with Crippen LogP contribution in [0.3, 0.4) is 0 Å². The Morgan fingerprint density at radius 2 is 1.67 bits per heavy atom. The maximum absolute atomic E-state index is 13.4. The number of rotatable bonds is 3. The minimum atomic E-state index is -1.22. The summed E-state index contributed by atoms with van der Waals surface area (Å²) in [5.41, 5.74) is 5.37. The first-order valence-electron chi connectivity index (χ1n) is 5.61. The second-order valence-electron chi connectivity index (χ2n) is 5.36. The van der Waals surface area contributed by atoms with E-state index in [1.807, 2.05) is 20.8 Å². The highest BCUT2D eigenvalue weighted by atomic mass is 35.5. The van der Waals surface area contributed by atoms with Gasteiger partial charge in [-0.2, -0.15) is 0 Å². The highest BCUT2D eigenvalue weighted by Crippen LogP contribution is 2.29. The zero-order chi connectivity index (χ0) is 13.2. The molecule has 0 spiro atoms. The lowest BCUT2D eigenvalue weighted by Crippen LogP contribution is -2.36. The Bertz CT molecular complexity index is 373. The molecule has 0 bridgehead atoms. The molecule has 1 aromatic rings. The highest BCUT2D eigenvalue weighted by molar-refractivity contribution is 5.85. The van der Waals surface area contributed by atoms with Crippen molar-refractivity contribution in [3.63, 3.8) is 0 Å². The summed E-state index contributed by atoms with van der Waals surface area (Å²) in [5, 5.41) is 9.86. The van der Waals surface area contributed by atoms with E-state index in [1.54, 1.807) is 0 Å². The molecule has 2 nitrogen and oxygen atoms in total. The molecule has 0 amide bonds. The lowest BCUT2D eigenvalue weighted by atomic mass is 9.83. The van der Waals surface area contributed by atoms with Crippen molar-refractivity contribution in [3.05, 3.63) is 35.4 Å². The first-order chi connectivity index (χ1) is 7.73. The number of aliphatic hydroxyl groups excluding tert-OH is 1. The number of halogens is 3. The van der Waals surface area contributed by atoms with Gasteiger partial charge in [-0.15, -0.1) is 12.4 Å². The fourth-order valence-corrected chi connectivity index (χ4v) is 1.54. The van der Waals surface area contributed by atoms with E-state index in [1.165, 1.54) is 6.07 Å². The molecule has 0 radical (unpaired) electrons.